The van der Waals surface area contributed by atoms with Crippen LogP contribution in [0.5, 0.6) is 0 Å². The first kappa shape index (κ1) is 20.4. The molecule has 3 aromatic rings. The maximum atomic E-state index is 14.3. The Morgan fingerprint density at radius 3 is 2.62 bits per heavy atom. The molecule has 8 heteroatoms. The first-order valence-electron chi connectivity index (χ1n) is 9.36. The Bertz CT molecular complexity index is 1060. The Kier molecular flexibility index (Phi) is 5.91. The van der Waals surface area contributed by atoms with Gasteiger partial charge >= 0.3 is 0 Å². The van der Waals surface area contributed by atoms with Gasteiger partial charge < -0.3 is 15.2 Å². The number of carbonyl (C=O) groups excluding carboxylic acids is 2. The van der Waals surface area contributed by atoms with Gasteiger partial charge in [-0.25, -0.2) is 9.37 Å². The van der Waals surface area contributed by atoms with Crippen LogP contribution >= 0.6 is 0 Å². The number of rotatable bonds is 6. The van der Waals surface area contributed by atoms with E-state index < -0.39 is 17.8 Å². The van der Waals surface area contributed by atoms with Crippen LogP contribution in [0, 0.1) is 18.7 Å². The van der Waals surface area contributed by atoms with E-state index in [0.717, 1.165) is 0 Å². The molecule has 0 radical (unpaired) electrons. The van der Waals surface area contributed by atoms with E-state index in [1.165, 1.54) is 19.2 Å². The van der Waals surface area contributed by atoms with Crippen molar-refractivity contribution in [3.8, 4) is 11.3 Å². The lowest BCUT2D eigenvalue weighted by atomic mass is 10.0. The van der Waals surface area contributed by atoms with Gasteiger partial charge in [0, 0.05) is 12.6 Å². The summed E-state index contributed by atoms with van der Waals surface area (Å²) in [5.41, 5.74) is 1.33. The fraction of sp³-hybridized carbons (Fsp3) is 0.333. The number of hydrogen-bond acceptors (Lipinski definition) is 5. The van der Waals surface area contributed by atoms with Crippen LogP contribution < -0.4 is 10.6 Å². The van der Waals surface area contributed by atoms with Crippen molar-refractivity contribution in [2.45, 2.75) is 33.2 Å². The monoisotopic (exact) mass is 398 g/mol. The second-order valence-corrected chi connectivity index (χ2v) is 7.25. The van der Waals surface area contributed by atoms with Gasteiger partial charge in [-0.1, -0.05) is 31.1 Å². The van der Waals surface area contributed by atoms with Crippen molar-refractivity contribution < 1.29 is 18.5 Å². The topological polar surface area (TPSA) is 97.1 Å². The molecule has 1 atom stereocenters. The lowest BCUT2D eigenvalue weighted by molar-refractivity contribution is -0.122. The Morgan fingerprint density at radius 1 is 1.24 bits per heavy atom. The van der Waals surface area contributed by atoms with Crippen LogP contribution in [-0.4, -0.2) is 35.0 Å². The molecule has 2 amide bonds. The Balaban J connectivity index is 2.07. The summed E-state index contributed by atoms with van der Waals surface area (Å²) in [6.45, 7) is 5.62. The van der Waals surface area contributed by atoms with E-state index in [-0.39, 0.29) is 34.4 Å². The zero-order valence-corrected chi connectivity index (χ0v) is 16.7. The maximum Gasteiger partial charge on any atom is 0.259 e. The van der Waals surface area contributed by atoms with Crippen LogP contribution in [0.25, 0.3) is 22.4 Å². The number of benzene rings is 1. The molecule has 0 fully saturated rings. The summed E-state index contributed by atoms with van der Waals surface area (Å²) in [7, 11) is 1.52. The molecule has 152 valence electrons. The van der Waals surface area contributed by atoms with Crippen molar-refractivity contribution in [3.63, 3.8) is 0 Å². The van der Waals surface area contributed by atoms with Crippen LogP contribution in [0.3, 0.4) is 0 Å². The van der Waals surface area contributed by atoms with E-state index in [4.69, 9.17) is 4.52 Å². The fourth-order valence-corrected chi connectivity index (χ4v) is 3.19. The number of aryl methyl sites for hydroxylation is 1. The first-order chi connectivity index (χ1) is 13.8. The highest BCUT2D eigenvalue weighted by Gasteiger charge is 2.25. The highest BCUT2D eigenvalue weighted by molar-refractivity contribution is 6.08. The molecule has 2 aromatic heterocycles. The number of aromatic nitrogens is 2. The molecule has 1 aromatic carbocycles. The number of amides is 2. The van der Waals surface area contributed by atoms with Crippen molar-refractivity contribution in [3.05, 3.63) is 47.4 Å². The summed E-state index contributed by atoms with van der Waals surface area (Å²) < 4.78 is 19.5. The number of likely N-dealkylation sites (N-methyl/N-ethyl adjacent to an activating group) is 1. The second kappa shape index (κ2) is 8.38. The van der Waals surface area contributed by atoms with Crippen LogP contribution in [-0.2, 0) is 4.79 Å². The summed E-state index contributed by atoms with van der Waals surface area (Å²) >= 11 is 0. The Hall–Kier alpha value is -3.29. The zero-order valence-electron chi connectivity index (χ0n) is 16.7. The summed E-state index contributed by atoms with van der Waals surface area (Å²) in [5.74, 6) is -1.03. The highest BCUT2D eigenvalue weighted by Crippen LogP contribution is 2.28. The number of pyridine rings is 1. The third-order valence-electron chi connectivity index (χ3n) is 4.59. The van der Waals surface area contributed by atoms with Crippen molar-refractivity contribution in [2.75, 3.05) is 7.05 Å². The average Bonchev–Trinajstić information content (AvgIpc) is 3.07. The van der Waals surface area contributed by atoms with E-state index >= 15 is 0 Å². The van der Waals surface area contributed by atoms with Gasteiger partial charge in [0.25, 0.3) is 11.6 Å². The molecule has 0 aliphatic rings. The molecular weight excluding hydrogens is 375 g/mol. The Morgan fingerprint density at radius 2 is 1.97 bits per heavy atom. The molecule has 29 heavy (non-hydrogen) atoms. The number of fused-ring (bicyclic) bond motifs is 1. The average molecular weight is 398 g/mol. The minimum Gasteiger partial charge on any atom is -0.357 e. The normalized spacial score (nSPS) is 12.2. The number of halogens is 1. The van der Waals surface area contributed by atoms with Gasteiger partial charge in [0.15, 0.2) is 0 Å². The predicted octanol–water partition coefficient (Wildman–Crippen LogP) is 3.23. The summed E-state index contributed by atoms with van der Waals surface area (Å²) in [6, 6.07) is 6.94. The second-order valence-electron chi connectivity index (χ2n) is 7.25. The molecule has 7 nitrogen and oxygen atoms in total. The Labute approximate surface area is 167 Å². The SMILES string of the molecule is CNC(=O)[C@H](CC(C)C)NC(=O)c1cc(-c2ccccc2F)nc2onc(C)c12. The molecule has 0 spiro atoms. The number of carbonyl (C=O) groups is 2. The molecule has 0 aliphatic carbocycles. The van der Waals surface area contributed by atoms with Gasteiger partial charge in [-0.05, 0) is 37.5 Å². The van der Waals surface area contributed by atoms with E-state index in [9.17, 15) is 14.0 Å². The highest BCUT2D eigenvalue weighted by atomic mass is 19.1. The minimum atomic E-state index is -0.701. The summed E-state index contributed by atoms with van der Waals surface area (Å²) in [5, 5.41) is 9.66. The number of nitrogens with one attached hydrogen (secondary N) is 2. The predicted molar refractivity (Wildman–Crippen MR) is 107 cm³/mol. The van der Waals surface area contributed by atoms with Gasteiger partial charge in [-0.15, -0.1) is 0 Å². The van der Waals surface area contributed by atoms with E-state index in [2.05, 4.69) is 20.8 Å². The van der Waals surface area contributed by atoms with Gasteiger partial charge in [0.2, 0.25) is 5.91 Å². The molecule has 0 aliphatic heterocycles. The molecule has 3 rings (SSSR count). The van der Waals surface area contributed by atoms with Gasteiger partial charge in [0.1, 0.15) is 11.9 Å². The van der Waals surface area contributed by atoms with E-state index in [1.54, 1.807) is 25.1 Å². The van der Waals surface area contributed by atoms with Crippen LogP contribution in [0.1, 0.15) is 36.3 Å². The fourth-order valence-electron chi connectivity index (χ4n) is 3.19. The van der Waals surface area contributed by atoms with Crippen molar-refractivity contribution in [1.29, 1.82) is 0 Å². The van der Waals surface area contributed by atoms with Crippen LogP contribution in [0.2, 0.25) is 0 Å². The largest absolute Gasteiger partial charge is 0.357 e. The zero-order chi connectivity index (χ0) is 21.1. The van der Waals surface area contributed by atoms with E-state index in [1.807, 2.05) is 13.8 Å². The molecule has 2 heterocycles. The smallest absolute Gasteiger partial charge is 0.259 e. The number of hydrogen-bond donors (Lipinski definition) is 2. The third kappa shape index (κ3) is 4.26. The summed E-state index contributed by atoms with van der Waals surface area (Å²) in [4.78, 5) is 29.6. The van der Waals surface area contributed by atoms with Crippen LogP contribution in [0.15, 0.2) is 34.9 Å². The molecule has 2 N–H and O–H groups in total. The van der Waals surface area contributed by atoms with Crippen molar-refractivity contribution >= 4 is 22.9 Å². The standard InChI is InChI=1S/C21H23FN4O3/c1-11(2)9-17(20(28)23-4)24-19(27)14-10-16(13-7-5-6-8-15(13)22)25-21-18(14)12(3)26-29-21/h5-8,10-11,17H,9H2,1-4H3,(H,23,28)(H,24,27)/t17-/m0/s1. The first-order valence-corrected chi connectivity index (χ1v) is 9.36. The van der Waals surface area contributed by atoms with Gasteiger partial charge in [-0.2, -0.15) is 0 Å². The van der Waals surface area contributed by atoms with Gasteiger partial charge in [0.05, 0.1) is 22.3 Å². The lowest BCUT2D eigenvalue weighted by Crippen LogP contribution is -2.46. The number of nitrogens with zero attached hydrogens (tertiary/aromatic N) is 2. The van der Waals surface area contributed by atoms with Crippen molar-refractivity contribution in [1.82, 2.24) is 20.8 Å². The van der Waals surface area contributed by atoms with E-state index in [0.29, 0.717) is 17.5 Å². The molecule has 0 bridgehead atoms. The van der Waals surface area contributed by atoms with Gasteiger partial charge in [-0.3, -0.25) is 9.59 Å². The summed E-state index contributed by atoms with van der Waals surface area (Å²) in [6.07, 6.45) is 0.475. The van der Waals surface area contributed by atoms with Crippen molar-refractivity contribution in [2.24, 2.45) is 5.92 Å². The molecule has 0 saturated heterocycles. The lowest BCUT2D eigenvalue weighted by Gasteiger charge is -2.19. The molecule has 0 unspecified atom stereocenters. The maximum absolute atomic E-state index is 14.3. The molecule has 0 saturated carbocycles. The quantitative estimate of drug-likeness (QED) is 0.664. The molecular formula is C21H23FN4O3. The van der Waals surface area contributed by atoms with Crippen LogP contribution in [0.4, 0.5) is 4.39 Å². The third-order valence-corrected chi connectivity index (χ3v) is 4.59. The minimum absolute atomic E-state index is 0.133.